The zero-order valence-electron chi connectivity index (χ0n) is 10.1. The number of hydrogen-bond donors (Lipinski definition) is 3. The normalized spacial score (nSPS) is 11.9. The van der Waals surface area contributed by atoms with Gasteiger partial charge < -0.3 is 15.7 Å². The van der Waals surface area contributed by atoms with Crippen molar-refractivity contribution in [3.63, 3.8) is 0 Å². The molecular formula is C13H20N2O2. The van der Waals surface area contributed by atoms with E-state index in [0.29, 0.717) is 13.0 Å². The van der Waals surface area contributed by atoms with Crippen molar-refractivity contribution < 1.29 is 9.90 Å². The van der Waals surface area contributed by atoms with Crippen LogP contribution in [-0.2, 0) is 6.42 Å². The number of nitrogens with one attached hydrogen (secondary N) is 2. The summed E-state index contributed by atoms with van der Waals surface area (Å²) in [6, 6.07) is 9.33. The van der Waals surface area contributed by atoms with Gasteiger partial charge in [-0.3, -0.25) is 0 Å². The van der Waals surface area contributed by atoms with Crippen LogP contribution in [-0.4, -0.2) is 30.3 Å². The third kappa shape index (κ3) is 5.36. The fourth-order valence-electron chi connectivity index (χ4n) is 1.53. The molecule has 1 aromatic rings. The van der Waals surface area contributed by atoms with Crippen LogP contribution in [0.4, 0.5) is 4.79 Å². The Labute approximate surface area is 102 Å². The predicted molar refractivity (Wildman–Crippen MR) is 67.8 cm³/mol. The van der Waals surface area contributed by atoms with Gasteiger partial charge in [-0.05, 0) is 18.4 Å². The minimum Gasteiger partial charge on any atom is -0.394 e. The molecule has 2 amide bonds. The van der Waals surface area contributed by atoms with E-state index < -0.39 is 0 Å². The summed E-state index contributed by atoms with van der Waals surface area (Å²) in [4.78, 5) is 11.4. The Morgan fingerprint density at radius 1 is 1.35 bits per heavy atom. The van der Waals surface area contributed by atoms with E-state index in [1.165, 1.54) is 0 Å². The molecule has 1 aromatic carbocycles. The number of aliphatic hydroxyl groups is 1. The number of aliphatic hydroxyl groups excluding tert-OH is 1. The second-order valence-corrected chi connectivity index (χ2v) is 3.97. The number of hydrogen-bond acceptors (Lipinski definition) is 2. The third-order valence-electron chi connectivity index (χ3n) is 2.42. The van der Waals surface area contributed by atoms with Gasteiger partial charge >= 0.3 is 6.03 Å². The predicted octanol–water partition coefficient (Wildman–Crippen LogP) is 1.30. The van der Waals surface area contributed by atoms with E-state index in [0.717, 1.165) is 12.0 Å². The van der Waals surface area contributed by atoms with E-state index in [1.54, 1.807) is 0 Å². The first-order valence-corrected chi connectivity index (χ1v) is 5.95. The summed E-state index contributed by atoms with van der Waals surface area (Å²) >= 11 is 0. The van der Waals surface area contributed by atoms with Gasteiger partial charge in [0, 0.05) is 6.54 Å². The highest BCUT2D eigenvalue weighted by Gasteiger charge is 2.11. The monoisotopic (exact) mass is 236 g/mol. The summed E-state index contributed by atoms with van der Waals surface area (Å²) in [7, 11) is 0. The van der Waals surface area contributed by atoms with E-state index in [1.807, 2.05) is 37.3 Å². The van der Waals surface area contributed by atoms with Gasteiger partial charge in [-0.1, -0.05) is 37.3 Å². The summed E-state index contributed by atoms with van der Waals surface area (Å²) in [6.07, 6.45) is 1.53. The molecule has 17 heavy (non-hydrogen) atoms. The Hall–Kier alpha value is -1.55. The standard InChI is InChI=1S/C13H20N2O2/c1-2-8-14-13(17)15-12(10-16)9-11-6-4-3-5-7-11/h3-7,12,16H,2,8-10H2,1H3,(H2,14,15,17)/t12-/m0/s1. The SMILES string of the molecule is CCCNC(=O)N[C@H](CO)Cc1ccccc1. The summed E-state index contributed by atoms with van der Waals surface area (Å²) in [5.41, 5.74) is 1.10. The Morgan fingerprint density at radius 2 is 2.06 bits per heavy atom. The Balaban J connectivity index is 2.41. The maximum Gasteiger partial charge on any atom is 0.315 e. The lowest BCUT2D eigenvalue weighted by molar-refractivity contribution is 0.216. The molecular weight excluding hydrogens is 216 g/mol. The zero-order valence-corrected chi connectivity index (χ0v) is 10.1. The Kier molecular flexibility index (Phi) is 6.10. The van der Waals surface area contributed by atoms with Crippen LogP contribution in [0.15, 0.2) is 30.3 Å². The van der Waals surface area contributed by atoms with E-state index in [2.05, 4.69) is 10.6 Å². The van der Waals surface area contributed by atoms with Crippen molar-refractivity contribution in [1.29, 1.82) is 0 Å². The van der Waals surface area contributed by atoms with Crippen LogP contribution in [0.2, 0.25) is 0 Å². The van der Waals surface area contributed by atoms with Gasteiger partial charge in [0.15, 0.2) is 0 Å². The van der Waals surface area contributed by atoms with Gasteiger partial charge in [0.05, 0.1) is 12.6 Å². The maximum absolute atomic E-state index is 11.4. The first-order valence-electron chi connectivity index (χ1n) is 5.95. The first-order chi connectivity index (χ1) is 8.26. The summed E-state index contributed by atoms with van der Waals surface area (Å²) < 4.78 is 0. The molecule has 0 bridgehead atoms. The zero-order chi connectivity index (χ0) is 12.5. The van der Waals surface area contributed by atoms with Crippen molar-refractivity contribution in [2.24, 2.45) is 0 Å². The maximum atomic E-state index is 11.4. The van der Waals surface area contributed by atoms with Gasteiger partial charge in [-0.15, -0.1) is 0 Å². The molecule has 0 aliphatic rings. The van der Waals surface area contributed by atoms with Gasteiger partial charge in [0.25, 0.3) is 0 Å². The van der Waals surface area contributed by atoms with Crippen LogP contribution < -0.4 is 10.6 Å². The van der Waals surface area contributed by atoms with Crippen LogP contribution >= 0.6 is 0 Å². The summed E-state index contributed by atoms with van der Waals surface area (Å²) in [5.74, 6) is 0. The molecule has 0 saturated heterocycles. The average molecular weight is 236 g/mol. The third-order valence-corrected chi connectivity index (χ3v) is 2.42. The lowest BCUT2D eigenvalue weighted by Gasteiger charge is -2.16. The van der Waals surface area contributed by atoms with Crippen LogP contribution in [0.3, 0.4) is 0 Å². The van der Waals surface area contributed by atoms with Gasteiger partial charge in [-0.2, -0.15) is 0 Å². The molecule has 0 aliphatic heterocycles. The molecule has 4 heteroatoms. The topological polar surface area (TPSA) is 61.4 Å². The molecule has 4 nitrogen and oxygen atoms in total. The van der Waals surface area contributed by atoms with Crippen molar-refractivity contribution in [2.45, 2.75) is 25.8 Å². The molecule has 0 aliphatic carbocycles. The highest BCUT2D eigenvalue weighted by molar-refractivity contribution is 5.74. The number of rotatable bonds is 6. The van der Waals surface area contributed by atoms with Crippen LogP contribution in [0.1, 0.15) is 18.9 Å². The van der Waals surface area contributed by atoms with Crippen molar-refractivity contribution in [3.05, 3.63) is 35.9 Å². The number of carbonyl (C=O) groups is 1. The van der Waals surface area contributed by atoms with E-state index in [4.69, 9.17) is 0 Å². The molecule has 1 atom stereocenters. The summed E-state index contributed by atoms with van der Waals surface area (Å²) in [6.45, 7) is 2.58. The lowest BCUT2D eigenvalue weighted by Crippen LogP contribution is -2.45. The average Bonchev–Trinajstić information content (AvgIpc) is 2.36. The number of amides is 2. The van der Waals surface area contributed by atoms with Crippen molar-refractivity contribution in [3.8, 4) is 0 Å². The number of benzene rings is 1. The molecule has 0 unspecified atom stereocenters. The Bertz CT molecular complexity index is 327. The van der Waals surface area contributed by atoms with Crippen LogP contribution in [0.25, 0.3) is 0 Å². The first kappa shape index (κ1) is 13.5. The highest BCUT2D eigenvalue weighted by atomic mass is 16.3. The van der Waals surface area contributed by atoms with Crippen LogP contribution in [0, 0.1) is 0 Å². The smallest absolute Gasteiger partial charge is 0.315 e. The van der Waals surface area contributed by atoms with E-state index in [9.17, 15) is 9.90 Å². The molecule has 0 fully saturated rings. The second kappa shape index (κ2) is 7.68. The minimum atomic E-state index is -0.241. The van der Waals surface area contributed by atoms with E-state index in [-0.39, 0.29) is 18.7 Å². The second-order valence-electron chi connectivity index (χ2n) is 3.97. The molecule has 0 heterocycles. The molecule has 94 valence electrons. The van der Waals surface area contributed by atoms with Gasteiger partial charge in [-0.25, -0.2) is 4.79 Å². The largest absolute Gasteiger partial charge is 0.394 e. The molecule has 3 N–H and O–H groups in total. The molecule has 0 spiro atoms. The fraction of sp³-hybridized carbons (Fsp3) is 0.462. The summed E-state index contributed by atoms with van der Waals surface area (Å²) in [5, 5.41) is 14.7. The Morgan fingerprint density at radius 3 is 2.65 bits per heavy atom. The quantitative estimate of drug-likeness (QED) is 0.697. The highest BCUT2D eigenvalue weighted by Crippen LogP contribution is 2.02. The minimum absolute atomic E-state index is 0.0611. The fourth-order valence-corrected chi connectivity index (χ4v) is 1.53. The molecule has 0 radical (unpaired) electrons. The molecule has 0 saturated carbocycles. The number of urea groups is 1. The van der Waals surface area contributed by atoms with Crippen molar-refractivity contribution >= 4 is 6.03 Å². The molecule has 1 rings (SSSR count). The van der Waals surface area contributed by atoms with Crippen molar-refractivity contribution in [1.82, 2.24) is 10.6 Å². The van der Waals surface area contributed by atoms with Gasteiger partial charge in [0.2, 0.25) is 0 Å². The van der Waals surface area contributed by atoms with Gasteiger partial charge in [0.1, 0.15) is 0 Å². The number of carbonyl (C=O) groups excluding carboxylic acids is 1. The lowest BCUT2D eigenvalue weighted by atomic mass is 10.1. The van der Waals surface area contributed by atoms with Crippen molar-refractivity contribution in [2.75, 3.05) is 13.2 Å². The molecule has 0 aromatic heterocycles. The van der Waals surface area contributed by atoms with E-state index >= 15 is 0 Å². The van der Waals surface area contributed by atoms with Crippen LogP contribution in [0.5, 0.6) is 0 Å².